The van der Waals surface area contributed by atoms with Crippen LogP contribution in [0.3, 0.4) is 0 Å². The zero-order valence-electron chi connectivity index (χ0n) is 12.2. The maximum Gasteiger partial charge on any atom is 0.165 e. The van der Waals surface area contributed by atoms with Gasteiger partial charge in [0.2, 0.25) is 0 Å². The maximum atomic E-state index is 13.3. The molecule has 0 saturated heterocycles. The van der Waals surface area contributed by atoms with Crippen molar-refractivity contribution in [3.8, 4) is 11.5 Å². The fourth-order valence-corrected chi connectivity index (χ4v) is 2.24. The average Bonchev–Trinajstić information content (AvgIpc) is 2.53. The zero-order chi connectivity index (χ0) is 15.8. The first kappa shape index (κ1) is 16.2. The van der Waals surface area contributed by atoms with Crippen molar-refractivity contribution in [2.45, 2.75) is 0 Å². The van der Waals surface area contributed by atoms with E-state index >= 15 is 0 Å². The number of amidine groups is 1. The first-order valence-corrected chi connectivity index (χ1v) is 7.66. The second kappa shape index (κ2) is 8.29. The SMILES string of the molecule is COc1cccc(N=C(N)SCCOc2ccccc2F)c1. The number of para-hydroxylation sites is 1. The summed E-state index contributed by atoms with van der Waals surface area (Å²) in [6.07, 6.45) is 0. The number of methoxy groups -OCH3 is 1. The summed E-state index contributed by atoms with van der Waals surface area (Å²) in [6.45, 7) is 0.347. The van der Waals surface area contributed by atoms with Crippen LogP contribution in [0.1, 0.15) is 0 Å². The molecular weight excluding hydrogens is 303 g/mol. The summed E-state index contributed by atoms with van der Waals surface area (Å²) in [5.41, 5.74) is 6.57. The lowest BCUT2D eigenvalue weighted by molar-refractivity contribution is 0.325. The highest BCUT2D eigenvalue weighted by Gasteiger charge is 2.02. The molecule has 0 aliphatic carbocycles. The average molecular weight is 320 g/mol. The fraction of sp³-hybridized carbons (Fsp3) is 0.188. The minimum Gasteiger partial charge on any atom is -0.497 e. The molecule has 0 bridgehead atoms. The molecule has 2 aromatic carbocycles. The molecule has 0 unspecified atom stereocenters. The molecule has 4 nitrogen and oxygen atoms in total. The van der Waals surface area contributed by atoms with Crippen LogP contribution in [0, 0.1) is 5.82 Å². The number of ether oxygens (including phenoxy) is 2. The number of rotatable bonds is 6. The van der Waals surface area contributed by atoms with Crippen LogP contribution in [0.15, 0.2) is 53.5 Å². The van der Waals surface area contributed by atoms with Gasteiger partial charge in [-0.3, -0.25) is 0 Å². The number of hydrogen-bond donors (Lipinski definition) is 1. The fourth-order valence-electron chi connectivity index (χ4n) is 1.70. The summed E-state index contributed by atoms with van der Waals surface area (Å²) in [5, 5.41) is 0.422. The first-order valence-electron chi connectivity index (χ1n) is 6.67. The van der Waals surface area contributed by atoms with Crippen LogP contribution >= 0.6 is 11.8 Å². The van der Waals surface area contributed by atoms with Crippen LogP contribution in [-0.2, 0) is 0 Å². The van der Waals surface area contributed by atoms with Gasteiger partial charge < -0.3 is 15.2 Å². The van der Waals surface area contributed by atoms with E-state index in [2.05, 4.69) is 4.99 Å². The Morgan fingerprint density at radius 2 is 2.05 bits per heavy atom. The predicted octanol–water partition coefficient (Wildman–Crippen LogP) is 3.59. The summed E-state index contributed by atoms with van der Waals surface area (Å²) >= 11 is 1.35. The third-order valence-electron chi connectivity index (χ3n) is 2.72. The monoisotopic (exact) mass is 320 g/mol. The highest BCUT2D eigenvalue weighted by Crippen LogP contribution is 2.20. The molecule has 116 valence electrons. The number of nitrogens with zero attached hydrogens (tertiary/aromatic N) is 1. The summed E-state index contributed by atoms with van der Waals surface area (Å²) in [4.78, 5) is 4.28. The summed E-state index contributed by atoms with van der Waals surface area (Å²) in [7, 11) is 1.60. The Hall–Kier alpha value is -2.21. The number of aliphatic imine (C=N–C) groups is 1. The largest absolute Gasteiger partial charge is 0.497 e. The lowest BCUT2D eigenvalue weighted by Crippen LogP contribution is -2.10. The van der Waals surface area contributed by atoms with E-state index in [0.717, 1.165) is 11.4 Å². The van der Waals surface area contributed by atoms with Gasteiger partial charge in [0.15, 0.2) is 16.7 Å². The standard InChI is InChI=1S/C16H17FN2O2S/c1-20-13-6-4-5-12(11-13)19-16(18)22-10-9-21-15-8-3-2-7-14(15)17/h2-8,11H,9-10H2,1H3,(H2,18,19). The van der Waals surface area contributed by atoms with Gasteiger partial charge in [0.1, 0.15) is 5.75 Å². The lowest BCUT2D eigenvalue weighted by atomic mass is 10.3. The topological polar surface area (TPSA) is 56.8 Å². The summed E-state index contributed by atoms with van der Waals surface area (Å²) < 4.78 is 23.8. The van der Waals surface area contributed by atoms with Crippen molar-refractivity contribution in [3.63, 3.8) is 0 Å². The molecular formula is C16H17FN2O2S. The van der Waals surface area contributed by atoms with Crippen LogP contribution in [0.4, 0.5) is 10.1 Å². The second-order valence-corrected chi connectivity index (χ2v) is 5.39. The molecule has 0 heterocycles. The van der Waals surface area contributed by atoms with Gasteiger partial charge in [0.25, 0.3) is 0 Å². The van der Waals surface area contributed by atoms with Crippen molar-refractivity contribution in [1.82, 2.24) is 0 Å². The molecule has 0 radical (unpaired) electrons. The lowest BCUT2D eigenvalue weighted by Gasteiger charge is -2.06. The third kappa shape index (κ3) is 4.96. The Labute approximate surface area is 133 Å². The van der Waals surface area contributed by atoms with Crippen LogP contribution in [0.5, 0.6) is 11.5 Å². The Kier molecular flexibility index (Phi) is 6.09. The van der Waals surface area contributed by atoms with E-state index in [0.29, 0.717) is 17.5 Å². The van der Waals surface area contributed by atoms with E-state index < -0.39 is 0 Å². The minimum atomic E-state index is -0.370. The molecule has 0 spiro atoms. The quantitative estimate of drug-likeness (QED) is 0.502. The van der Waals surface area contributed by atoms with Gasteiger partial charge in [-0.2, -0.15) is 0 Å². The molecule has 0 atom stereocenters. The summed E-state index contributed by atoms with van der Waals surface area (Å²) in [6, 6.07) is 13.6. The molecule has 2 aromatic rings. The van der Waals surface area contributed by atoms with Gasteiger partial charge in [0, 0.05) is 11.8 Å². The summed E-state index contributed by atoms with van der Waals surface area (Å²) in [5.74, 6) is 1.17. The number of halogens is 1. The van der Waals surface area contributed by atoms with Crippen LogP contribution in [0.25, 0.3) is 0 Å². The Balaban J connectivity index is 1.81. The Morgan fingerprint density at radius 1 is 1.23 bits per heavy atom. The number of nitrogens with two attached hydrogens (primary N) is 1. The number of hydrogen-bond acceptors (Lipinski definition) is 4. The Morgan fingerprint density at radius 3 is 2.82 bits per heavy atom. The van der Waals surface area contributed by atoms with E-state index in [4.69, 9.17) is 15.2 Å². The molecule has 22 heavy (non-hydrogen) atoms. The highest BCUT2D eigenvalue weighted by molar-refractivity contribution is 8.13. The van der Waals surface area contributed by atoms with Crippen molar-refractivity contribution in [3.05, 3.63) is 54.3 Å². The van der Waals surface area contributed by atoms with Crippen LogP contribution in [0.2, 0.25) is 0 Å². The molecule has 2 N–H and O–H groups in total. The van der Waals surface area contributed by atoms with Gasteiger partial charge in [-0.15, -0.1) is 0 Å². The van der Waals surface area contributed by atoms with Gasteiger partial charge in [-0.1, -0.05) is 30.0 Å². The van der Waals surface area contributed by atoms with E-state index in [9.17, 15) is 4.39 Å². The van der Waals surface area contributed by atoms with Crippen molar-refractivity contribution in [1.29, 1.82) is 0 Å². The van der Waals surface area contributed by atoms with Gasteiger partial charge >= 0.3 is 0 Å². The molecule has 6 heteroatoms. The smallest absolute Gasteiger partial charge is 0.165 e. The molecule has 0 aliphatic rings. The zero-order valence-corrected chi connectivity index (χ0v) is 13.0. The molecule has 2 rings (SSSR count). The predicted molar refractivity (Wildman–Crippen MR) is 88.6 cm³/mol. The van der Waals surface area contributed by atoms with Crippen molar-refractivity contribution >= 4 is 22.6 Å². The highest BCUT2D eigenvalue weighted by atomic mass is 32.2. The third-order valence-corrected chi connectivity index (χ3v) is 3.48. The van der Waals surface area contributed by atoms with Gasteiger partial charge in [-0.05, 0) is 24.3 Å². The molecule has 0 aromatic heterocycles. The van der Waals surface area contributed by atoms with E-state index in [-0.39, 0.29) is 11.6 Å². The van der Waals surface area contributed by atoms with Gasteiger partial charge in [0.05, 0.1) is 19.4 Å². The van der Waals surface area contributed by atoms with Gasteiger partial charge in [-0.25, -0.2) is 9.38 Å². The molecule has 0 aliphatic heterocycles. The van der Waals surface area contributed by atoms with E-state index in [1.54, 1.807) is 31.4 Å². The first-order chi connectivity index (χ1) is 10.7. The number of thioether (sulfide) groups is 1. The van der Waals surface area contributed by atoms with Crippen molar-refractivity contribution in [2.24, 2.45) is 10.7 Å². The van der Waals surface area contributed by atoms with Crippen LogP contribution in [-0.4, -0.2) is 24.6 Å². The molecule has 0 fully saturated rings. The van der Waals surface area contributed by atoms with E-state index in [1.165, 1.54) is 17.8 Å². The van der Waals surface area contributed by atoms with Crippen molar-refractivity contribution in [2.75, 3.05) is 19.5 Å². The second-order valence-electron chi connectivity index (χ2n) is 4.28. The number of benzene rings is 2. The maximum absolute atomic E-state index is 13.3. The van der Waals surface area contributed by atoms with E-state index in [1.807, 2.05) is 18.2 Å². The normalized spacial score (nSPS) is 11.3. The molecule has 0 saturated carbocycles. The van der Waals surface area contributed by atoms with Crippen LogP contribution < -0.4 is 15.2 Å². The minimum absolute atomic E-state index is 0.242. The van der Waals surface area contributed by atoms with Crippen molar-refractivity contribution < 1.29 is 13.9 Å². The molecule has 0 amide bonds. The Bertz CT molecular complexity index is 650.